The summed E-state index contributed by atoms with van der Waals surface area (Å²) >= 11 is 0. The van der Waals surface area contributed by atoms with Gasteiger partial charge in [0.05, 0.1) is 6.04 Å². The van der Waals surface area contributed by atoms with Crippen LogP contribution in [0.1, 0.15) is 58.8 Å². The van der Waals surface area contributed by atoms with E-state index in [9.17, 15) is 18.4 Å². The third-order valence-corrected chi connectivity index (χ3v) is 9.12. The van der Waals surface area contributed by atoms with E-state index in [1.54, 1.807) is 6.92 Å². The minimum absolute atomic E-state index is 0.0655. The van der Waals surface area contributed by atoms with Gasteiger partial charge in [0, 0.05) is 56.6 Å². The molecule has 2 saturated carbocycles. The number of amides is 2. The molecule has 0 aromatic rings. The highest BCUT2D eigenvalue weighted by molar-refractivity contribution is 5.82. The van der Waals surface area contributed by atoms with E-state index >= 15 is 0 Å². The van der Waals surface area contributed by atoms with Crippen molar-refractivity contribution in [3.05, 3.63) is 0 Å². The Morgan fingerprint density at radius 2 is 1.84 bits per heavy atom. The molecule has 5 fully saturated rings. The number of halogens is 2. The molecule has 0 aromatic carbocycles. The summed E-state index contributed by atoms with van der Waals surface area (Å²) in [7, 11) is 0. The van der Waals surface area contributed by atoms with Crippen molar-refractivity contribution in [1.82, 2.24) is 20.4 Å². The maximum atomic E-state index is 14.7. The molecule has 3 aliphatic heterocycles. The molecule has 10 unspecified atom stereocenters. The third kappa shape index (κ3) is 4.17. The summed E-state index contributed by atoms with van der Waals surface area (Å²) in [5, 5.41) is 6.49. The summed E-state index contributed by atoms with van der Waals surface area (Å²) in [5.74, 6) is 0.802. The summed E-state index contributed by atoms with van der Waals surface area (Å²) < 4.78 is 29.1. The molecule has 0 aromatic heterocycles. The molecule has 5 rings (SSSR count). The maximum Gasteiger partial charge on any atom is 0.237 e. The Morgan fingerprint density at radius 3 is 2.59 bits per heavy atom. The van der Waals surface area contributed by atoms with Gasteiger partial charge in [-0.3, -0.25) is 14.5 Å². The molecular weight excluding hydrogens is 414 g/mol. The summed E-state index contributed by atoms with van der Waals surface area (Å²) in [6.07, 6.45) is 2.83. The molecule has 6 nitrogen and oxygen atoms in total. The van der Waals surface area contributed by atoms with Crippen LogP contribution in [0.3, 0.4) is 0 Å². The molecule has 3 heterocycles. The monoisotopic (exact) mass is 452 g/mol. The molecule has 180 valence electrons. The fourth-order valence-electron chi connectivity index (χ4n) is 7.42. The first-order valence-corrected chi connectivity index (χ1v) is 12.7. The largest absolute Gasteiger partial charge is 0.352 e. The predicted octanol–water partition coefficient (Wildman–Crippen LogP) is 2.03. The highest BCUT2D eigenvalue weighted by Gasteiger charge is 2.48. The van der Waals surface area contributed by atoms with Crippen LogP contribution in [0.5, 0.6) is 0 Å². The molecular formula is C24H38F2N4O2. The van der Waals surface area contributed by atoms with Crippen molar-refractivity contribution in [2.75, 3.05) is 19.6 Å². The van der Waals surface area contributed by atoms with E-state index in [0.717, 1.165) is 38.9 Å². The first-order chi connectivity index (χ1) is 15.3. The minimum Gasteiger partial charge on any atom is -0.352 e. The van der Waals surface area contributed by atoms with Gasteiger partial charge in [0.1, 0.15) is 12.3 Å². The fourth-order valence-corrected chi connectivity index (χ4v) is 7.42. The molecule has 0 bridgehead atoms. The van der Waals surface area contributed by atoms with Crippen LogP contribution < -0.4 is 10.6 Å². The number of likely N-dealkylation sites (tertiary alicyclic amines) is 2. The van der Waals surface area contributed by atoms with Crippen LogP contribution in [0.4, 0.5) is 8.78 Å². The van der Waals surface area contributed by atoms with Crippen molar-refractivity contribution < 1.29 is 18.4 Å². The Kier molecular flexibility index (Phi) is 6.20. The number of hydrogen-bond donors (Lipinski definition) is 2. The highest BCUT2D eigenvalue weighted by Crippen LogP contribution is 2.39. The van der Waals surface area contributed by atoms with Gasteiger partial charge in [0.2, 0.25) is 11.8 Å². The average molecular weight is 453 g/mol. The molecule has 8 heteroatoms. The topological polar surface area (TPSA) is 64.7 Å². The lowest BCUT2D eigenvalue weighted by Crippen LogP contribution is -2.53. The lowest BCUT2D eigenvalue weighted by atomic mass is 9.77. The molecule has 10 atom stereocenters. The minimum atomic E-state index is -0.933. The van der Waals surface area contributed by atoms with Crippen LogP contribution in [-0.2, 0) is 9.59 Å². The normalized spacial score (nSPS) is 46.7. The molecule has 2 N–H and O–H groups in total. The zero-order chi connectivity index (χ0) is 22.6. The van der Waals surface area contributed by atoms with E-state index in [4.69, 9.17) is 0 Å². The van der Waals surface area contributed by atoms with Gasteiger partial charge in [-0.05, 0) is 56.8 Å². The van der Waals surface area contributed by atoms with Crippen LogP contribution >= 0.6 is 0 Å². The zero-order valence-corrected chi connectivity index (χ0v) is 19.3. The van der Waals surface area contributed by atoms with Crippen LogP contribution in [0.2, 0.25) is 0 Å². The van der Waals surface area contributed by atoms with Gasteiger partial charge in [0.25, 0.3) is 0 Å². The zero-order valence-electron chi connectivity index (χ0n) is 19.3. The van der Waals surface area contributed by atoms with E-state index in [-0.39, 0.29) is 47.9 Å². The van der Waals surface area contributed by atoms with Crippen molar-refractivity contribution in [3.8, 4) is 0 Å². The summed E-state index contributed by atoms with van der Waals surface area (Å²) in [5.41, 5.74) is 0. The van der Waals surface area contributed by atoms with Gasteiger partial charge in [-0.25, -0.2) is 8.78 Å². The second-order valence-electron chi connectivity index (χ2n) is 11.2. The van der Waals surface area contributed by atoms with Crippen LogP contribution in [0.25, 0.3) is 0 Å². The Bertz CT molecular complexity index is 721. The number of nitrogens with zero attached hydrogens (tertiary/aromatic N) is 2. The molecule has 0 spiro atoms. The van der Waals surface area contributed by atoms with Crippen molar-refractivity contribution in [2.45, 2.75) is 101 Å². The van der Waals surface area contributed by atoms with Crippen LogP contribution in [0.15, 0.2) is 0 Å². The van der Waals surface area contributed by atoms with Crippen molar-refractivity contribution in [1.29, 1.82) is 0 Å². The van der Waals surface area contributed by atoms with E-state index in [1.807, 2.05) is 4.90 Å². The summed E-state index contributed by atoms with van der Waals surface area (Å²) in [6, 6.07) is -0.156. The fraction of sp³-hybridized carbons (Fsp3) is 0.917. The SMILES string of the molecule is CC(=O)N1CCC2CN(C3CC(F)CC(NC(=O)C4CC5C(F)CCC(C)C5N4)C3)CC21. The predicted molar refractivity (Wildman–Crippen MR) is 117 cm³/mol. The van der Waals surface area contributed by atoms with E-state index < -0.39 is 12.3 Å². The van der Waals surface area contributed by atoms with Gasteiger partial charge >= 0.3 is 0 Å². The van der Waals surface area contributed by atoms with Crippen molar-refractivity contribution in [3.63, 3.8) is 0 Å². The lowest BCUT2D eigenvalue weighted by molar-refractivity contribution is -0.130. The number of fused-ring (bicyclic) bond motifs is 2. The van der Waals surface area contributed by atoms with Crippen LogP contribution in [-0.4, -0.2) is 83.8 Å². The van der Waals surface area contributed by atoms with Crippen molar-refractivity contribution in [2.24, 2.45) is 17.8 Å². The van der Waals surface area contributed by atoms with Crippen LogP contribution in [0, 0.1) is 17.8 Å². The average Bonchev–Trinajstić information content (AvgIpc) is 3.44. The number of hydrogen-bond acceptors (Lipinski definition) is 4. The number of nitrogens with one attached hydrogen (secondary N) is 2. The van der Waals surface area contributed by atoms with Gasteiger partial charge in [-0.15, -0.1) is 0 Å². The third-order valence-electron chi connectivity index (χ3n) is 9.12. The van der Waals surface area contributed by atoms with Crippen molar-refractivity contribution >= 4 is 11.8 Å². The summed E-state index contributed by atoms with van der Waals surface area (Å²) in [6.45, 7) is 6.33. The highest BCUT2D eigenvalue weighted by atomic mass is 19.1. The summed E-state index contributed by atoms with van der Waals surface area (Å²) in [4.78, 5) is 29.3. The smallest absolute Gasteiger partial charge is 0.237 e. The molecule has 3 saturated heterocycles. The number of carbonyl (C=O) groups is 2. The van der Waals surface area contributed by atoms with E-state index in [2.05, 4.69) is 22.5 Å². The second-order valence-corrected chi connectivity index (χ2v) is 11.2. The quantitative estimate of drug-likeness (QED) is 0.688. The first-order valence-electron chi connectivity index (χ1n) is 12.7. The van der Waals surface area contributed by atoms with E-state index in [1.165, 1.54) is 0 Å². The molecule has 32 heavy (non-hydrogen) atoms. The molecule has 0 radical (unpaired) electrons. The maximum absolute atomic E-state index is 14.7. The Morgan fingerprint density at radius 1 is 1.03 bits per heavy atom. The Labute approximate surface area is 189 Å². The second kappa shape index (κ2) is 8.82. The number of alkyl halides is 2. The van der Waals surface area contributed by atoms with Gasteiger partial charge in [-0.2, -0.15) is 0 Å². The molecule has 2 aliphatic carbocycles. The standard InChI is InChI=1S/C24H38F2N4O2/c1-13-3-4-20(26)19-10-21(28-23(13)19)24(32)27-17-7-16(25)8-18(9-17)29-11-15-5-6-30(14(2)31)22(15)12-29/h13,15-23,28H,3-12H2,1-2H3,(H,27,32). The Balaban J connectivity index is 1.18. The number of rotatable bonds is 3. The number of carbonyl (C=O) groups excluding carboxylic acids is 2. The lowest BCUT2D eigenvalue weighted by Gasteiger charge is -2.38. The van der Waals surface area contributed by atoms with Gasteiger partial charge in [-0.1, -0.05) is 6.92 Å². The van der Waals surface area contributed by atoms with Gasteiger partial charge in [0.15, 0.2) is 0 Å². The molecule has 2 amide bonds. The first kappa shape index (κ1) is 22.5. The van der Waals surface area contributed by atoms with Gasteiger partial charge < -0.3 is 15.5 Å². The van der Waals surface area contributed by atoms with E-state index in [0.29, 0.717) is 37.5 Å². The Hall–Kier alpha value is -1.28. The molecule has 5 aliphatic rings.